The molecule has 0 aliphatic carbocycles. The highest BCUT2D eigenvalue weighted by Crippen LogP contribution is 2.23. The van der Waals surface area contributed by atoms with E-state index in [1.807, 2.05) is 0 Å². The largest absolute Gasteiger partial charge is 0.480 e. The van der Waals surface area contributed by atoms with Gasteiger partial charge in [-0.05, 0) is 31.5 Å². The zero-order valence-electron chi connectivity index (χ0n) is 12.5. The maximum Gasteiger partial charge on any atom is 0.320 e. The van der Waals surface area contributed by atoms with Crippen molar-refractivity contribution in [3.63, 3.8) is 0 Å². The lowest BCUT2D eigenvalue weighted by Crippen LogP contribution is -2.44. The van der Waals surface area contributed by atoms with Gasteiger partial charge < -0.3 is 9.63 Å². The van der Waals surface area contributed by atoms with E-state index in [1.165, 1.54) is 0 Å². The molecule has 1 aliphatic rings. The third kappa shape index (κ3) is 3.25. The Kier molecular flexibility index (Phi) is 4.52. The van der Waals surface area contributed by atoms with Crippen LogP contribution in [0.1, 0.15) is 25.2 Å². The molecule has 1 N–H and O–H groups in total. The Labute approximate surface area is 134 Å². The lowest BCUT2D eigenvalue weighted by molar-refractivity contribution is -0.145. The topological polar surface area (TPSA) is 79.5 Å². The van der Waals surface area contributed by atoms with Crippen molar-refractivity contribution in [1.82, 2.24) is 15.0 Å². The number of likely N-dealkylation sites (tertiary alicyclic amines) is 1. The molecule has 6 nitrogen and oxygen atoms in total. The highest BCUT2D eigenvalue weighted by molar-refractivity contribution is 5.73. The summed E-state index contributed by atoms with van der Waals surface area (Å²) in [6, 6.07) is 0.914. The van der Waals surface area contributed by atoms with Gasteiger partial charge in [0.15, 0.2) is 17.5 Å². The van der Waals surface area contributed by atoms with Crippen molar-refractivity contribution in [2.24, 2.45) is 0 Å². The second-order valence-corrected chi connectivity index (χ2v) is 5.59. The number of aliphatic carboxylic acids is 1. The summed E-state index contributed by atoms with van der Waals surface area (Å²) >= 11 is 0. The predicted octanol–water partition coefficient (Wildman–Crippen LogP) is 2.59. The Morgan fingerprint density at radius 3 is 2.67 bits per heavy atom. The monoisotopic (exact) mass is 341 g/mol. The second-order valence-electron chi connectivity index (χ2n) is 5.59. The maximum absolute atomic E-state index is 13.3. The number of carbonyl (C=O) groups is 1. The fourth-order valence-corrected chi connectivity index (χ4v) is 2.75. The van der Waals surface area contributed by atoms with Crippen LogP contribution in [0, 0.1) is 17.5 Å². The molecule has 0 saturated carbocycles. The summed E-state index contributed by atoms with van der Waals surface area (Å²) in [5.41, 5.74) is -0.0603. The molecular formula is C15H14F3N3O3. The Morgan fingerprint density at radius 2 is 2.00 bits per heavy atom. The summed E-state index contributed by atoms with van der Waals surface area (Å²) < 4.78 is 44.5. The third-order valence-corrected chi connectivity index (χ3v) is 3.95. The molecule has 9 heteroatoms. The van der Waals surface area contributed by atoms with E-state index in [1.54, 1.807) is 4.90 Å². The summed E-state index contributed by atoms with van der Waals surface area (Å²) in [5.74, 6) is -5.15. The van der Waals surface area contributed by atoms with Gasteiger partial charge in [-0.3, -0.25) is 9.69 Å². The molecule has 1 atom stereocenters. The van der Waals surface area contributed by atoms with Crippen molar-refractivity contribution >= 4 is 5.97 Å². The molecule has 1 saturated heterocycles. The Hall–Kier alpha value is -2.42. The minimum atomic E-state index is -1.57. The number of halogens is 3. The molecule has 1 aromatic carbocycles. The summed E-state index contributed by atoms with van der Waals surface area (Å²) in [5, 5.41) is 12.8. The maximum atomic E-state index is 13.3. The van der Waals surface area contributed by atoms with E-state index in [4.69, 9.17) is 4.52 Å². The van der Waals surface area contributed by atoms with E-state index in [0.29, 0.717) is 13.0 Å². The first-order valence-corrected chi connectivity index (χ1v) is 7.40. The van der Waals surface area contributed by atoms with Crippen molar-refractivity contribution in [3.8, 4) is 11.4 Å². The number of hydrogen-bond acceptors (Lipinski definition) is 5. The Balaban J connectivity index is 1.79. The zero-order valence-corrected chi connectivity index (χ0v) is 12.5. The van der Waals surface area contributed by atoms with Crippen molar-refractivity contribution in [2.75, 3.05) is 6.54 Å². The van der Waals surface area contributed by atoms with E-state index in [9.17, 15) is 23.1 Å². The van der Waals surface area contributed by atoms with Gasteiger partial charge in [0.25, 0.3) is 0 Å². The number of piperidine rings is 1. The first-order chi connectivity index (χ1) is 11.5. The number of hydrogen-bond donors (Lipinski definition) is 1. The SMILES string of the molecule is O=C(O)C1CCCCN1Cc1nc(-c2cc(F)c(F)c(F)c2)no1. The summed E-state index contributed by atoms with van der Waals surface area (Å²) in [4.78, 5) is 17.0. The number of aromatic nitrogens is 2. The van der Waals surface area contributed by atoms with Gasteiger partial charge in [-0.2, -0.15) is 4.98 Å². The molecule has 2 heterocycles. The number of nitrogens with zero attached hydrogens (tertiary/aromatic N) is 3. The lowest BCUT2D eigenvalue weighted by Gasteiger charge is -2.31. The van der Waals surface area contributed by atoms with Crippen LogP contribution in [-0.2, 0) is 11.3 Å². The molecule has 1 aliphatic heterocycles. The highest BCUT2D eigenvalue weighted by Gasteiger charge is 2.29. The molecule has 1 fully saturated rings. The molecule has 3 rings (SSSR count). The average molecular weight is 341 g/mol. The summed E-state index contributed by atoms with van der Waals surface area (Å²) in [6.07, 6.45) is 2.22. The molecule has 128 valence electrons. The number of rotatable bonds is 4. The van der Waals surface area contributed by atoms with Crippen molar-refractivity contribution < 1.29 is 27.6 Å². The molecule has 0 spiro atoms. The van der Waals surface area contributed by atoms with Crippen LogP contribution in [0.2, 0.25) is 0 Å². The van der Waals surface area contributed by atoms with Crippen LogP contribution >= 0.6 is 0 Å². The van der Waals surface area contributed by atoms with E-state index < -0.39 is 29.5 Å². The zero-order chi connectivity index (χ0) is 17.3. The van der Waals surface area contributed by atoms with E-state index >= 15 is 0 Å². The van der Waals surface area contributed by atoms with Gasteiger partial charge in [0.1, 0.15) is 6.04 Å². The van der Waals surface area contributed by atoms with Gasteiger partial charge in [0.2, 0.25) is 11.7 Å². The fraction of sp³-hybridized carbons (Fsp3) is 0.400. The second kappa shape index (κ2) is 6.60. The number of benzene rings is 1. The smallest absolute Gasteiger partial charge is 0.320 e. The van der Waals surface area contributed by atoms with Crippen molar-refractivity contribution in [1.29, 1.82) is 0 Å². The molecule has 2 aromatic rings. The van der Waals surface area contributed by atoms with Crippen LogP contribution in [0.25, 0.3) is 11.4 Å². The van der Waals surface area contributed by atoms with Crippen LogP contribution in [0.15, 0.2) is 16.7 Å². The van der Waals surface area contributed by atoms with E-state index in [2.05, 4.69) is 10.1 Å². The standard InChI is InChI=1S/C15H14F3N3O3/c16-9-5-8(6-10(17)13(9)18)14-19-12(24-20-14)7-21-4-2-1-3-11(21)15(22)23/h5-6,11H,1-4,7H2,(H,22,23). The molecular weight excluding hydrogens is 327 g/mol. The van der Waals surface area contributed by atoms with E-state index in [0.717, 1.165) is 25.0 Å². The predicted molar refractivity (Wildman–Crippen MR) is 75.3 cm³/mol. The quantitative estimate of drug-likeness (QED) is 0.861. The third-order valence-electron chi connectivity index (χ3n) is 3.95. The van der Waals surface area contributed by atoms with E-state index in [-0.39, 0.29) is 23.8 Å². The van der Waals surface area contributed by atoms with Gasteiger partial charge in [-0.1, -0.05) is 11.6 Å². The summed E-state index contributed by atoms with van der Waals surface area (Å²) in [7, 11) is 0. The molecule has 1 unspecified atom stereocenters. The van der Waals surface area contributed by atoms with Crippen LogP contribution in [0.3, 0.4) is 0 Å². The highest BCUT2D eigenvalue weighted by atomic mass is 19.2. The van der Waals surface area contributed by atoms with Crippen LogP contribution in [0.5, 0.6) is 0 Å². The minimum absolute atomic E-state index is 0.0603. The first-order valence-electron chi connectivity index (χ1n) is 7.40. The van der Waals surface area contributed by atoms with Crippen LogP contribution in [-0.4, -0.2) is 38.7 Å². The van der Waals surface area contributed by atoms with Gasteiger partial charge in [-0.25, -0.2) is 13.2 Å². The first kappa shape index (κ1) is 16.4. The molecule has 1 aromatic heterocycles. The molecule has 24 heavy (non-hydrogen) atoms. The average Bonchev–Trinajstić information content (AvgIpc) is 3.01. The van der Waals surface area contributed by atoms with Crippen molar-refractivity contribution in [3.05, 3.63) is 35.5 Å². The minimum Gasteiger partial charge on any atom is -0.480 e. The number of carboxylic acid groups (broad SMARTS) is 1. The van der Waals surface area contributed by atoms with Gasteiger partial charge >= 0.3 is 5.97 Å². The molecule has 0 radical (unpaired) electrons. The van der Waals surface area contributed by atoms with Gasteiger partial charge in [-0.15, -0.1) is 0 Å². The Bertz CT molecular complexity index is 742. The fourth-order valence-electron chi connectivity index (χ4n) is 2.75. The number of carboxylic acids is 1. The molecule has 0 bridgehead atoms. The van der Waals surface area contributed by atoms with Crippen LogP contribution in [0.4, 0.5) is 13.2 Å². The lowest BCUT2D eigenvalue weighted by atomic mass is 10.0. The van der Waals surface area contributed by atoms with Gasteiger partial charge in [0.05, 0.1) is 6.54 Å². The van der Waals surface area contributed by atoms with Crippen molar-refractivity contribution in [2.45, 2.75) is 31.8 Å². The molecule has 0 amide bonds. The normalized spacial score (nSPS) is 18.7. The van der Waals surface area contributed by atoms with Gasteiger partial charge in [0, 0.05) is 5.56 Å². The summed E-state index contributed by atoms with van der Waals surface area (Å²) in [6.45, 7) is 0.699. The Morgan fingerprint density at radius 1 is 1.29 bits per heavy atom. The van der Waals surface area contributed by atoms with Crippen LogP contribution < -0.4 is 0 Å².